The molecule has 1 aliphatic carbocycles. The van der Waals surface area contributed by atoms with Crippen molar-refractivity contribution >= 4 is 17.7 Å². The van der Waals surface area contributed by atoms with E-state index in [1.165, 1.54) is 42.4 Å². The molecule has 41 heavy (non-hydrogen) atoms. The molecule has 2 aromatic carbocycles. The first-order valence-corrected chi connectivity index (χ1v) is 14.7. The van der Waals surface area contributed by atoms with E-state index in [1.54, 1.807) is 42.9 Å². The molecule has 1 saturated carbocycles. The summed E-state index contributed by atoms with van der Waals surface area (Å²) < 4.78 is 28.7. The van der Waals surface area contributed by atoms with Crippen LogP contribution in [0.2, 0.25) is 0 Å². The molecular weight excluding hydrogens is 544 g/mol. The summed E-state index contributed by atoms with van der Waals surface area (Å²) >= 11 is 1.34. The van der Waals surface area contributed by atoms with E-state index in [-0.39, 0.29) is 42.0 Å². The molecule has 212 valence electrons. The number of aromatic nitrogens is 4. The second-order valence-electron chi connectivity index (χ2n) is 10.3. The van der Waals surface area contributed by atoms with E-state index in [0.29, 0.717) is 16.5 Å². The minimum absolute atomic E-state index is 0.0550. The normalized spacial score (nSPS) is 14.5. The van der Waals surface area contributed by atoms with Crippen LogP contribution in [0.4, 0.5) is 8.78 Å². The van der Waals surface area contributed by atoms with Gasteiger partial charge in [0.25, 0.3) is 5.56 Å². The predicted octanol–water partition coefficient (Wildman–Crippen LogP) is 5.63. The van der Waals surface area contributed by atoms with Crippen LogP contribution in [0.15, 0.2) is 83.4 Å². The van der Waals surface area contributed by atoms with Gasteiger partial charge >= 0.3 is 0 Å². The van der Waals surface area contributed by atoms with Gasteiger partial charge < -0.3 is 9.88 Å². The SMILES string of the molecule is O=C(NCc1ccc(F)cc1)C(C1CCCCC1)n1cc(Cc2cncnc2)c(=O)nc1SCc1ccc(F)cc1. The second-order valence-corrected chi connectivity index (χ2v) is 11.2. The number of hydrogen-bond acceptors (Lipinski definition) is 6. The second kappa shape index (κ2) is 13.6. The number of halogens is 2. The molecule has 1 N–H and O–H groups in total. The number of nitrogens with one attached hydrogen (secondary N) is 1. The maximum absolute atomic E-state index is 13.9. The van der Waals surface area contributed by atoms with Gasteiger partial charge in [0.15, 0.2) is 5.16 Å². The molecule has 1 atom stereocenters. The number of amides is 1. The molecule has 0 saturated heterocycles. The molecule has 10 heteroatoms. The average molecular weight is 576 g/mol. The molecule has 7 nitrogen and oxygen atoms in total. The standard InChI is InChI=1S/C31H31F2N5O2S/c32-26-10-6-21(7-11-26)17-36-30(40)28(24-4-2-1-3-5-24)38-18-25(14-23-15-34-20-35-16-23)29(39)37-31(38)41-19-22-8-12-27(33)13-9-22/h6-13,15-16,18,20,24,28H,1-5,14,17,19H2,(H,36,40). The Hall–Kier alpha value is -3.92. The Labute approximate surface area is 241 Å². The van der Waals surface area contributed by atoms with E-state index >= 15 is 0 Å². The van der Waals surface area contributed by atoms with Gasteiger partial charge in [-0.15, -0.1) is 0 Å². The molecule has 1 amide bonds. The lowest BCUT2D eigenvalue weighted by Crippen LogP contribution is -2.39. The molecule has 0 aliphatic heterocycles. The minimum Gasteiger partial charge on any atom is -0.350 e. The topological polar surface area (TPSA) is 89.8 Å². The van der Waals surface area contributed by atoms with Crippen molar-refractivity contribution in [2.45, 2.75) is 62.0 Å². The zero-order chi connectivity index (χ0) is 28.6. The first kappa shape index (κ1) is 28.6. The first-order valence-electron chi connectivity index (χ1n) is 13.7. The van der Waals surface area contributed by atoms with Crippen molar-refractivity contribution in [3.8, 4) is 0 Å². The van der Waals surface area contributed by atoms with Crippen LogP contribution >= 0.6 is 11.8 Å². The summed E-state index contributed by atoms with van der Waals surface area (Å²) in [5, 5.41) is 3.48. The number of rotatable bonds is 10. The summed E-state index contributed by atoms with van der Waals surface area (Å²) in [7, 11) is 0. The third kappa shape index (κ3) is 7.64. The highest BCUT2D eigenvalue weighted by Crippen LogP contribution is 2.36. The molecule has 1 aliphatic rings. The molecule has 5 rings (SSSR count). The number of nitrogens with zero attached hydrogens (tertiary/aromatic N) is 4. The molecule has 0 spiro atoms. The maximum Gasteiger partial charge on any atom is 0.277 e. The van der Waals surface area contributed by atoms with E-state index in [2.05, 4.69) is 20.3 Å². The highest BCUT2D eigenvalue weighted by atomic mass is 32.2. The molecule has 0 bridgehead atoms. The minimum atomic E-state index is -0.592. The summed E-state index contributed by atoms with van der Waals surface area (Å²) in [6.45, 7) is 0.252. The van der Waals surface area contributed by atoms with Crippen molar-refractivity contribution in [2.75, 3.05) is 0 Å². The Morgan fingerprint density at radius 2 is 1.56 bits per heavy atom. The van der Waals surface area contributed by atoms with Crippen LogP contribution in [0.25, 0.3) is 0 Å². The fourth-order valence-electron chi connectivity index (χ4n) is 5.21. The smallest absolute Gasteiger partial charge is 0.277 e. The van der Waals surface area contributed by atoms with Gasteiger partial charge in [0.05, 0.1) is 0 Å². The average Bonchev–Trinajstić information content (AvgIpc) is 2.99. The Bertz CT molecular complexity index is 1510. The van der Waals surface area contributed by atoms with Crippen molar-refractivity contribution < 1.29 is 13.6 Å². The molecule has 1 fully saturated rings. The molecule has 2 aromatic heterocycles. The largest absolute Gasteiger partial charge is 0.350 e. The van der Waals surface area contributed by atoms with Gasteiger partial charge in [0.2, 0.25) is 5.91 Å². The van der Waals surface area contributed by atoms with E-state index in [4.69, 9.17) is 0 Å². The van der Waals surface area contributed by atoms with Gasteiger partial charge in [-0.05, 0) is 59.7 Å². The Kier molecular flexibility index (Phi) is 9.51. The van der Waals surface area contributed by atoms with E-state index < -0.39 is 6.04 Å². The third-order valence-electron chi connectivity index (χ3n) is 7.32. The summed E-state index contributed by atoms with van der Waals surface area (Å²) in [5.41, 5.74) is 2.49. The molecular formula is C31H31F2N5O2S. The van der Waals surface area contributed by atoms with E-state index in [9.17, 15) is 18.4 Å². The third-order valence-corrected chi connectivity index (χ3v) is 8.36. The Morgan fingerprint density at radius 3 is 2.22 bits per heavy atom. The van der Waals surface area contributed by atoms with Gasteiger partial charge in [-0.25, -0.2) is 18.7 Å². The van der Waals surface area contributed by atoms with Crippen molar-refractivity contribution in [1.82, 2.24) is 24.8 Å². The van der Waals surface area contributed by atoms with Crippen LogP contribution in [0.1, 0.15) is 60.4 Å². The van der Waals surface area contributed by atoms with Crippen LogP contribution in [-0.2, 0) is 23.5 Å². The zero-order valence-corrected chi connectivity index (χ0v) is 23.3. The zero-order valence-electron chi connectivity index (χ0n) is 22.5. The van der Waals surface area contributed by atoms with Crippen molar-refractivity contribution in [2.24, 2.45) is 5.92 Å². The summed E-state index contributed by atoms with van der Waals surface area (Å²) in [6, 6.07) is 11.6. The quantitative estimate of drug-likeness (QED) is 0.195. The predicted molar refractivity (Wildman–Crippen MR) is 153 cm³/mol. The molecule has 1 unspecified atom stereocenters. The van der Waals surface area contributed by atoms with Crippen LogP contribution in [0, 0.1) is 17.6 Å². The Morgan fingerprint density at radius 1 is 0.927 bits per heavy atom. The Balaban J connectivity index is 1.50. The van der Waals surface area contributed by atoms with Gasteiger partial charge in [-0.3, -0.25) is 9.59 Å². The highest BCUT2D eigenvalue weighted by Gasteiger charge is 2.33. The van der Waals surface area contributed by atoms with Crippen LogP contribution in [-0.4, -0.2) is 25.4 Å². The number of carbonyl (C=O) groups is 1. The fraction of sp³-hybridized carbons (Fsp3) is 0.323. The van der Waals surface area contributed by atoms with Crippen LogP contribution in [0.3, 0.4) is 0 Å². The first-order chi connectivity index (χ1) is 20.0. The van der Waals surface area contributed by atoms with Gasteiger partial charge in [-0.1, -0.05) is 55.3 Å². The van der Waals surface area contributed by atoms with E-state index in [0.717, 1.165) is 48.8 Å². The number of hydrogen-bond donors (Lipinski definition) is 1. The van der Waals surface area contributed by atoms with Crippen LogP contribution < -0.4 is 10.9 Å². The maximum atomic E-state index is 13.9. The summed E-state index contributed by atoms with van der Waals surface area (Å²) in [5.74, 6) is -0.326. The molecule has 4 aromatic rings. The molecule has 2 heterocycles. The van der Waals surface area contributed by atoms with Crippen LogP contribution in [0.5, 0.6) is 0 Å². The van der Waals surface area contributed by atoms with Gasteiger partial charge in [-0.2, -0.15) is 4.98 Å². The number of carbonyl (C=O) groups excluding carboxylic acids is 1. The van der Waals surface area contributed by atoms with Crippen molar-refractivity contribution in [3.63, 3.8) is 0 Å². The van der Waals surface area contributed by atoms with Gasteiger partial charge in [0, 0.05) is 42.9 Å². The lowest BCUT2D eigenvalue weighted by molar-refractivity contribution is -0.126. The molecule has 0 radical (unpaired) electrons. The summed E-state index contributed by atoms with van der Waals surface area (Å²) in [6.07, 6.45) is 11.7. The van der Waals surface area contributed by atoms with Crippen molar-refractivity contribution in [1.29, 1.82) is 0 Å². The van der Waals surface area contributed by atoms with E-state index in [1.807, 2.05) is 4.57 Å². The number of benzene rings is 2. The monoisotopic (exact) mass is 575 g/mol. The fourth-order valence-corrected chi connectivity index (χ4v) is 6.16. The van der Waals surface area contributed by atoms with Gasteiger partial charge in [0.1, 0.15) is 24.0 Å². The highest BCUT2D eigenvalue weighted by molar-refractivity contribution is 7.98. The lowest BCUT2D eigenvalue weighted by Gasteiger charge is -2.32. The lowest BCUT2D eigenvalue weighted by atomic mass is 9.83. The van der Waals surface area contributed by atoms with Crippen molar-refractivity contribution in [3.05, 3.63) is 118 Å². The number of thioether (sulfide) groups is 1. The summed E-state index contributed by atoms with van der Waals surface area (Å²) in [4.78, 5) is 39.7.